The number of nitrogens with two attached hydrogens (primary N) is 1. The third-order valence-electron chi connectivity index (χ3n) is 3.46. The highest BCUT2D eigenvalue weighted by Crippen LogP contribution is 2.29. The van der Waals surface area contributed by atoms with Crippen LogP contribution in [0.1, 0.15) is 31.2 Å². The summed E-state index contributed by atoms with van der Waals surface area (Å²) in [5.74, 6) is 0. The van der Waals surface area contributed by atoms with E-state index in [1.54, 1.807) is 0 Å². The van der Waals surface area contributed by atoms with Crippen molar-refractivity contribution in [2.24, 2.45) is 0 Å². The van der Waals surface area contributed by atoms with E-state index in [0.717, 1.165) is 26.7 Å². The Balaban J connectivity index is 1.94. The molecule has 0 radical (unpaired) electrons. The number of nitrogen functional groups attached to an aromatic ring is 1. The molecular weight excluding hydrogens is 376 g/mol. The van der Waals surface area contributed by atoms with Crippen molar-refractivity contribution >= 4 is 50.2 Å². The fourth-order valence-corrected chi connectivity index (χ4v) is 3.93. The van der Waals surface area contributed by atoms with E-state index in [1.165, 1.54) is 25.7 Å². The number of hydrogen-bond acceptors (Lipinski definition) is 3. The Bertz CT molecular complexity index is 418. The molecular formula is C13H18Br2N2S. The second-order valence-corrected chi connectivity index (χ2v) is 7.35. The van der Waals surface area contributed by atoms with Gasteiger partial charge in [-0.1, -0.05) is 15.9 Å². The van der Waals surface area contributed by atoms with Crippen molar-refractivity contribution in [2.45, 2.75) is 43.5 Å². The van der Waals surface area contributed by atoms with Crippen LogP contribution in [-0.2, 0) is 6.54 Å². The zero-order valence-electron chi connectivity index (χ0n) is 10.1. The molecule has 2 rings (SSSR count). The van der Waals surface area contributed by atoms with Gasteiger partial charge >= 0.3 is 0 Å². The van der Waals surface area contributed by atoms with Crippen LogP contribution >= 0.6 is 44.5 Å². The van der Waals surface area contributed by atoms with Gasteiger partial charge in [-0.2, -0.15) is 12.6 Å². The first-order valence-electron chi connectivity index (χ1n) is 6.21. The molecule has 1 fully saturated rings. The first-order valence-corrected chi connectivity index (χ1v) is 8.31. The molecule has 0 aromatic heterocycles. The highest BCUT2D eigenvalue weighted by molar-refractivity contribution is 9.11. The van der Waals surface area contributed by atoms with Crippen molar-refractivity contribution < 1.29 is 0 Å². The molecule has 0 saturated heterocycles. The van der Waals surface area contributed by atoms with Crippen molar-refractivity contribution in [2.75, 3.05) is 5.73 Å². The molecule has 1 aliphatic rings. The molecule has 1 aromatic carbocycles. The van der Waals surface area contributed by atoms with Gasteiger partial charge in [-0.25, -0.2) is 0 Å². The quantitative estimate of drug-likeness (QED) is 0.533. The number of benzene rings is 1. The van der Waals surface area contributed by atoms with E-state index in [1.807, 2.05) is 6.07 Å². The first kappa shape index (κ1) is 14.7. The Morgan fingerprint density at radius 3 is 2.56 bits per heavy atom. The van der Waals surface area contributed by atoms with Gasteiger partial charge in [-0.05, 0) is 59.3 Å². The van der Waals surface area contributed by atoms with Gasteiger partial charge in [0.15, 0.2) is 0 Å². The van der Waals surface area contributed by atoms with Crippen molar-refractivity contribution in [3.05, 3.63) is 26.6 Å². The van der Waals surface area contributed by atoms with Crippen molar-refractivity contribution in [1.82, 2.24) is 5.32 Å². The minimum atomic E-state index is 0.591. The molecule has 0 spiro atoms. The van der Waals surface area contributed by atoms with Gasteiger partial charge in [-0.15, -0.1) is 0 Å². The largest absolute Gasteiger partial charge is 0.398 e. The average molecular weight is 394 g/mol. The smallest absolute Gasteiger partial charge is 0.0504 e. The third kappa shape index (κ3) is 3.89. The molecule has 0 amide bonds. The minimum Gasteiger partial charge on any atom is -0.398 e. The second-order valence-electron chi connectivity index (χ2n) is 4.85. The van der Waals surface area contributed by atoms with Gasteiger partial charge in [0.25, 0.3) is 0 Å². The maximum absolute atomic E-state index is 6.07. The highest BCUT2D eigenvalue weighted by Gasteiger charge is 2.18. The van der Waals surface area contributed by atoms with Crippen molar-refractivity contribution in [3.8, 4) is 0 Å². The molecule has 0 bridgehead atoms. The van der Waals surface area contributed by atoms with Gasteiger partial charge in [0, 0.05) is 26.8 Å². The summed E-state index contributed by atoms with van der Waals surface area (Å²) >= 11 is 11.5. The maximum Gasteiger partial charge on any atom is 0.0504 e. The zero-order chi connectivity index (χ0) is 13.1. The molecule has 18 heavy (non-hydrogen) atoms. The zero-order valence-corrected chi connectivity index (χ0v) is 14.2. The highest BCUT2D eigenvalue weighted by atomic mass is 79.9. The lowest BCUT2D eigenvalue weighted by atomic mass is 9.95. The first-order chi connectivity index (χ1) is 8.56. The number of thiol groups is 1. The third-order valence-corrected chi connectivity index (χ3v) is 5.09. The number of nitrogens with one attached hydrogen (secondary N) is 1. The summed E-state index contributed by atoms with van der Waals surface area (Å²) in [7, 11) is 0. The molecule has 0 unspecified atom stereocenters. The molecule has 1 aliphatic carbocycles. The standard InChI is InChI=1S/C13H18Br2N2S/c14-9-5-8(13(16)12(15)6-9)7-17-10-1-3-11(18)4-2-10/h5-6,10-11,17-18H,1-4,7,16H2. The maximum atomic E-state index is 6.07. The van der Waals surface area contributed by atoms with Crippen LogP contribution in [0.25, 0.3) is 0 Å². The van der Waals surface area contributed by atoms with Gasteiger partial charge in [0.1, 0.15) is 0 Å². The monoisotopic (exact) mass is 392 g/mol. The van der Waals surface area contributed by atoms with Gasteiger partial charge in [-0.3, -0.25) is 0 Å². The molecule has 3 N–H and O–H groups in total. The van der Waals surface area contributed by atoms with E-state index in [9.17, 15) is 0 Å². The van der Waals surface area contributed by atoms with Gasteiger partial charge < -0.3 is 11.1 Å². The van der Waals surface area contributed by atoms with Crippen LogP contribution in [0.2, 0.25) is 0 Å². The van der Waals surface area contributed by atoms with Crippen LogP contribution in [0, 0.1) is 0 Å². The Morgan fingerprint density at radius 2 is 1.89 bits per heavy atom. The minimum absolute atomic E-state index is 0.591. The summed E-state index contributed by atoms with van der Waals surface area (Å²) in [6, 6.07) is 4.66. The number of halogens is 2. The molecule has 0 heterocycles. The number of anilines is 1. The normalized spacial score (nSPS) is 24.2. The van der Waals surface area contributed by atoms with Gasteiger partial charge in [0.2, 0.25) is 0 Å². The van der Waals surface area contributed by atoms with E-state index in [4.69, 9.17) is 5.73 Å². The molecule has 0 aliphatic heterocycles. The number of hydrogen-bond donors (Lipinski definition) is 3. The van der Waals surface area contributed by atoms with Crippen molar-refractivity contribution in [1.29, 1.82) is 0 Å². The average Bonchev–Trinajstić information content (AvgIpc) is 2.34. The molecule has 5 heteroatoms. The van der Waals surface area contributed by atoms with Crippen LogP contribution in [0.4, 0.5) is 5.69 Å². The van der Waals surface area contributed by atoms with E-state index in [-0.39, 0.29) is 0 Å². The summed E-state index contributed by atoms with van der Waals surface area (Å²) < 4.78 is 2.01. The Morgan fingerprint density at radius 1 is 1.22 bits per heavy atom. The molecule has 100 valence electrons. The van der Waals surface area contributed by atoms with Crippen LogP contribution < -0.4 is 11.1 Å². The molecule has 0 atom stereocenters. The summed E-state index contributed by atoms with van der Waals surface area (Å²) in [4.78, 5) is 0. The van der Waals surface area contributed by atoms with E-state index >= 15 is 0 Å². The molecule has 1 saturated carbocycles. The van der Waals surface area contributed by atoms with Crippen molar-refractivity contribution in [3.63, 3.8) is 0 Å². The van der Waals surface area contributed by atoms with E-state index in [2.05, 4.69) is 55.9 Å². The summed E-state index contributed by atoms with van der Waals surface area (Å²) in [6.45, 7) is 0.825. The predicted octanol–water partition coefficient (Wildman–Crippen LogP) is 4.12. The summed E-state index contributed by atoms with van der Waals surface area (Å²) in [5, 5.41) is 4.19. The summed E-state index contributed by atoms with van der Waals surface area (Å²) in [6.07, 6.45) is 4.84. The predicted molar refractivity (Wildman–Crippen MR) is 88.1 cm³/mol. The molecule has 2 nitrogen and oxygen atoms in total. The van der Waals surface area contributed by atoms with E-state index < -0.39 is 0 Å². The second kappa shape index (κ2) is 6.64. The van der Waals surface area contributed by atoms with Crippen LogP contribution in [-0.4, -0.2) is 11.3 Å². The molecule has 1 aromatic rings. The Labute approximate surface area is 131 Å². The van der Waals surface area contributed by atoms with Crippen LogP contribution in [0.3, 0.4) is 0 Å². The lowest BCUT2D eigenvalue weighted by Gasteiger charge is -2.26. The topological polar surface area (TPSA) is 38.0 Å². The van der Waals surface area contributed by atoms with Gasteiger partial charge in [0.05, 0.1) is 5.69 Å². The summed E-state index contributed by atoms with van der Waals surface area (Å²) in [5.41, 5.74) is 8.04. The Hall–Kier alpha value is 0.290. The lowest BCUT2D eigenvalue weighted by molar-refractivity contribution is 0.379. The lowest BCUT2D eigenvalue weighted by Crippen LogP contribution is -2.33. The number of rotatable bonds is 3. The Kier molecular flexibility index (Phi) is 5.42. The van der Waals surface area contributed by atoms with Crippen LogP contribution in [0.5, 0.6) is 0 Å². The van der Waals surface area contributed by atoms with E-state index in [0.29, 0.717) is 11.3 Å². The van der Waals surface area contributed by atoms with Crippen LogP contribution in [0.15, 0.2) is 21.1 Å². The fourth-order valence-electron chi connectivity index (χ4n) is 2.32. The fraction of sp³-hybridized carbons (Fsp3) is 0.538. The SMILES string of the molecule is Nc1c(Br)cc(Br)cc1CNC1CCC(S)CC1.